The Balaban J connectivity index is 1.03. The van der Waals surface area contributed by atoms with Crippen LogP contribution < -0.4 is 4.90 Å². The van der Waals surface area contributed by atoms with Gasteiger partial charge in [-0.05, 0) is 116 Å². The van der Waals surface area contributed by atoms with Crippen LogP contribution in [0, 0.1) is 0 Å². The predicted molar refractivity (Wildman–Crippen MR) is 299 cm³/mol. The summed E-state index contributed by atoms with van der Waals surface area (Å²) in [7, 11) is 0. The average Bonchev–Trinajstić information content (AvgIpc) is 4.00. The first-order valence-electron chi connectivity index (χ1n) is 24.3. The molecule has 0 aliphatic heterocycles. The number of aromatic nitrogens is 1. The van der Waals surface area contributed by atoms with Crippen molar-refractivity contribution >= 4 is 82.4 Å². The third-order valence-electron chi connectivity index (χ3n) is 14.4. The molecule has 0 unspecified atom stereocenters. The molecule has 14 rings (SSSR count). The zero-order valence-corrected chi connectivity index (χ0v) is 38.7. The zero-order valence-electron chi connectivity index (χ0n) is 38.7. The molecule has 0 spiro atoms. The van der Waals surface area contributed by atoms with E-state index in [1.54, 1.807) is 0 Å². The van der Waals surface area contributed by atoms with E-state index < -0.39 is 0 Å². The first-order valence-corrected chi connectivity index (χ1v) is 24.3. The van der Waals surface area contributed by atoms with Gasteiger partial charge >= 0.3 is 0 Å². The summed E-state index contributed by atoms with van der Waals surface area (Å²) in [6, 6.07) is 96.6. The topological polar surface area (TPSA) is 21.3 Å². The van der Waals surface area contributed by atoms with Crippen molar-refractivity contribution in [2.45, 2.75) is 0 Å². The van der Waals surface area contributed by atoms with Crippen LogP contribution in [0.3, 0.4) is 0 Å². The van der Waals surface area contributed by atoms with Gasteiger partial charge in [0.1, 0.15) is 11.2 Å². The Bertz CT molecular complexity index is 4280. The van der Waals surface area contributed by atoms with Crippen LogP contribution in [0.4, 0.5) is 17.1 Å². The first-order chi connectivity index (χ1) is 35.2. The van der Waals surface area contributed by atoms with Gasteiger partial charge in [-0.2, -0.15) is 0 Å². The summed E-state index contributed by atoms with van der Waals surface area (Å²) in [4.78, 5) is 2.45. The average molecular weight is 905 g/mol. The standard InChI is InChI=1S/C68H44N2O/c1-3-19-45(20-4-1)48-37-41-64(60(43-48)46-21-5-2-6-22-46)69(50-38-35-47(36-39-50)59-44-49-23-7-8-24-51(49)52-25-9-10-26-53(52)59)65-42-40-57(68-67(65)58-30-14-18-34-66(58)71-68)56-29-13-17-33-63(56)70-61-31-15-11-27-54(61)55-28-12-16-32-62(55)70/h1-44H. The van der Waals surface area contributed by atoms with Gasteiger partial charge in [0.25, 0.3) is 0 Å². The van der Waals surface area contributed by atoms with Crippen LogP contribution in [0.15, 0.2) is 271 Å². The van der Waals surface area contributed by atoms with Crippen LogP contribution in [0.1, 0.15) is 0 Å². The molecular weight excluding hydrogens is 861 g/mol. The summed E-state index contributed by atoms with van der Waals surface area (Å²) in [6.45, 7) is 0. The van der Waals surface area contributed by atoms with E-state index in [9.17, 15) is 0 Å². The van der Waals surface area contributed by atoms with Crippen molar-refractivity contribution in [1.29, 1.82) is 0 Å². The van der Waals surface area contributed by atoms with Crippen molar-refractivity contribution in [3.63, 3.8) is 0 Å². The first kappa shape index (κ1) is 40.6. The monoisotopic (exact) mass is 904 g/mol. The minimum atomic E-state index is 0.836. The van der Waals surface area contributed by atoms with Crippen LogP contribution in [-0.2, 0) is 0 Å². The van der Waals surface area contributed by atoms with Gasteiger partial charge in [0, 0.05) is 38.5 Å². The van der Waals surface area contributed by atoms with E-state index in [0.717, 1.165) is 89.1 Å². The molecule has 0 aliphatic carbocycles. The van der Waals surface area contributed by atoms with Crippen molar-refractivity contribution < 1.29 is 4.42 Å². The van der Waals surface area contributed by atoms with Crippen molar-refractivity contribution in [2.75, 3.05) is 4.90 Å². The lowest BCUT2D eigenvalue weighted by Gasteiger charge is -2.29. The second-order valence-electron chi connectivity index (χ2n) is 18.4. The molecule has 3 heteroatoms. The summed E-state index contributed by atoms with van der Waals surface area (Å²) in [5.41, 5.74) is 17.3. The van der Waals surface area contributed by atoms with E-state index in [4.69, 9.17) is 4.42 Å². The fourth-order valence-electron chi connectivity index (χ4n) is 11.2. The second-order valence-corrected chi connectivity index (χ2v) is 18.4. The third kappa shape index (κ3) is 6.66. The molecule has 0 N–H and O–H groups in total. The number of hydrogen-bond donors (Lipinski definition) is 0. The number of nitrogens with zero attached hydrogens (tertiary/aromatic N) is 2. The van der Waals surface area contributed by atoms with Gasteiger partial charge in [-0.25, -0.2) is 0 Å². The number of rotatable bonds is 8. The molecule has 2 heterocycles. The van der Waals surface area contributed by atoms with Gasteiger partial charge in [-0.15, -0.1) is 0 Å². The van der Waals surface area contributed by atoms with E-state index in [0.29, 0.717) is 0 Å². The van der Waals surface area contributed by atoms with Gasteiger partial charge in [-0.1, -0.05) is 200 Å². The van der Waals surface area contributed by atoms with E-state index in [1.807, 2.05) is 0 Å². The number of anilines is 3. The van der Waals surface area contributed by atoms with Crippen LogP contribution in [0.5, 0.6) is 0 Å². The van der Waals surface area contributed by atoms with Gasteiger partial charge in [-0.3, -0.25) is 0 Å². The number of fused-ring (bicyclic) bond motifs is 9. The maximum absolute atomic E-state index is 7.16. The molecular formula is C68H44N2O. The molecule has 0 bridgehead atoms. The number of benzene rings is 12. The molecule has 0 aliphatic rings. The highest BCUT2D eigenvalue weighted by atomic mass is 16.3. The third-order valence-corrected chi connectivity index (χ3v) is 14.4. The second kappa shape index (κ2) is 16.7. The summed E-state index contributed by atoms with van der Waals surface area (Å²) in [6.07, 6.45) is 0. The smallest absolute Gasteiger partial charge is 0.145 e. The molecule has 332 valence electrons. The van der Waals surface area contributed by atoms with Crippen LogP contribution in [0.2, 0.25) is 0 Å². The van der Waals surface area contributed by atoms with Gasteiger partial charge < -0.3 is 13.9 Å². The van der Waals surface area contributed by atoms with Gasteiger partial charge in [0.05, 0.1) is 33.5 Å². The highest BCUT2D eigenvalue weighted by molar-refractivity contribution is 6.19. The summed E-state index contributed by atoms with van der Waals surface area (Å²) >= 11 is 0. The quantitative estimate of drug-likeness (QED) is 0.142. The van der Waals surface area contributed by atoms with E-state index in [-0.39, 0.29) is 0 Å². The summed E-state index contributed by atoms with van der Waals surface area (Å²) < 4.78 is 9.57. The highest BCUT2D eigenvalue weighted by Gasteiger charge is 2.26. The van der Waals surface area contributed by atoms with E-state index in [2.05, 4.69) is 276 Å². The maximum atomic E-state index is 7.16. The van der Waals surface area contributed by atoms with Gasteiger partial charge in [0.2, 0.25) is 0 Å². The van der Waals surface area contributed by atoms with E-state index in [1.165, 1.54) is 43.4 Å². The lowest BCUT2D eigenvalue weighted by Crippen LogP contribution is -2.12. The Hall–Kier alpha value is -9.44. The molecule has 12 aromatic carbocycles. The maximum Gasteiger partial charge on any atom is 0.145 e. The SMILES string of the molecule is c1ccc(-c2ccc(N(c3ccc(-c4cc5ccccc5c5ccccc45)cc3)c3ccc(-c4ccccc4-n4c5ccccc5c5ccccc54)c4oc5ccccc5c34)c(-c3ccccc3)c2)cc1. The molecule has 0 atom stereocenters. The lowest BCUT2D eigenvalue weighted by atomic mass is 9.93. The number of para-hydroxylation sites is 4. The molecule has 0 radical (unpaired) electrons. The number of hydrogen-bond acceptors (Lipinski definition) is 2. The van der Waals surface area contributed by atoms with Gasteiger partial charge in [0.15, 0.2) is 0 Å². The fraction of sp³-hybridized carbons (Fsp3) is 0. The molecule has 14 aromatic rings. The Kier molecular flexibility index (Phi) is 9.53. The van der Waals surface area contributed by atoms with Crippen molar-refractivity contribution in [3.05, 3.63) is 267 Å². The van der Waals surface area contributed by atoms with Crippen molar-refractivity contribution in [3.8, 4) is 50.2 Å². The minimum Gasteiger partial charge on any atom is -0.455 e. The van der Waals surface area contributed by atoms with Crippen molar-refractivity contribution in [1.82, 2.24) is 4.57 Å². The van der Waals surface area contributed by atoms with Crippen LogP contribution >= 0.6 is 0 Å². The Morgan fingerprint density at radius 2 is 0.859 bits per heavy atom. The summed E-state index contributed by atoms with van der Waals surface area (Å²) in [5.74, 6) is 0. The Labute approximate surface area is 411 Å². The number of furan rings is 1. The molecule has 71 heavy (non-hydrogen) atoms. The molecule has 0 saturated carbocycles. The normalized spacial score (nSPS) is 11.7. The molecule has 0 saturated heterocycles. The molecule has 0 fully saturated rings. The molecule has 0 amide bonds. The highest BCUT2D eigenvalue weighted by Crippen LogP contribution is 2.50. The largest absolute Gasteiger partial charge is 0.455 e. The van der Waals surface area contributed by atoms with Crippen molar-refractivity contribution in [2.24, 2.45) is 0 Å². The minimum absolute atomic E-state index is 0.836. The Morgan fingerprint density at radius 1 is 0.310 bits per heavy atom. The van der Waals surface area contributed by atoms with Crippen LogP contribution in [-0.4, -0.2) is 4.57 Å². The fourth-order valence-corrected chi connectivity index (χ4v) is 11.2. The molecule has 3 nitrogen and oxygen atoms in total. The lowest BCUT2D eigenvalue weighted by molar-refractivity contribution is 0.670. The van der Waals surface area contributed by atoms with E-state index >= 15 is 0 Å². The molecule has 2 aromatic heterocycles. The van der Waals surface area contributed by atoms with Crippen LogP contribution in [0.25, 0.3) is 115 Å². The Morgan fingerprint density at radius 3 is 1.61 bits per heavy atom. The predicted octanol–water partition coefficient (Wildman–Crippen LogP) is 19.1. The summed E-state index contributed by atoms with van der Waals surface area (Å²) in [5, 5.41) is 9.54. The zero-order chi connectivity index (χ0) is 46.8.